The summed E-state index contributed by atoms with van der Waals surface area (Å²) >= 11 is 0. The molecule has 2 aromatic heterocycles. The van der Waals surface area contributed by atoms with Crippen LogP contribution < -0.4 is 10.6 Å². The minimum atomic E-state index is -0.0474. The Labute approximate surface area is 153 Å². The molecular formula is C19H26N6O. The van der Waals surface area contributed by atoms with Gasteiger partial charge in [0.25, 0.3) is 0 Å². The minimum Gasteiger partial charge on any atom is -0.394 e. The largest absolute Gasteiger partial charge is 0.394 e. The third-order valence-electron chi connectivity index (χ3n) is 4.45. The number of aliphatic hydroxyl groups is 1. The first-order chi connectivity index (χ1) is 12.7. The van der Waals surface area contributed by atoms with E-state index >= 15 is 0 Å². The first-order valence-corrected chi connectivity index (χ1v) is 9.02. The van der Waals surface area contributed by atoms with Crippen molar-refractivity contribution in [1.29, 1.82) is 0 Å². The molecule has 0 aliphatic heterocycles. The minimum absolute atomic E-state index is 0.0474. The molecule has 0 fully saturated rings. The molecule has 138 valence electrons. The fraction of sp³-hybridized carbons (Fsp3) is 0.421. The molecule has 3 aromatic rings. The van der Waals surface area contributed by atoms with Gasteiger partial charge in [-0.2, -0.15) is 4.98 Å². The number of rotatable bonds is 9. The standard InChI is InChI=1S/C19H26N6O/c1-3-16(12-26)23-19-21-11-17-18(24-19)25(13-22-17)14(2)9-20-10-15-7-5-4-6-8-15/h4-8,11,13-14,16,20,26H,3,9-10,12H2,1-2H3,(H,21,23,24)/t14-,16+/m1/s1. The summed E-state index contributed by atoms with van der Waals surface area (Å²) in [5.74, 6) is 0.518. The van der Waals surface area contributed by atoms with Crippen LogP contribution >= 0.6 is 0 Å². The molecule has 1 aromatic carbocycles. The van der Waals surface area contributed by atoms with Gasteiger partial charge in [-0.05, 0) is 18.9 Å². The number of nitrogens with zero attached hydrogens (tertiary/aromatic N) is 4. The maximum Gasteiger partial charge on any atom is 0.225 e. The molecule has 7 heteroatoms. The summed E-state index contributed by atoms with van der Waals surface area (Å²) in [7, 11) is 0. The zero-order valence-corrected chi connectivity index (χ0v) is 15.3. The maximum absolute atomic E-state index is 9.35. The summed E-state index contributed by atoms with van der Waals surface area (Å²) in [6, 6.07) is 10.5. The van der Waals surface area contributed by atoms with Crippen LogP contribution in [0.3, 0.4) is 0 Å². The lowest BCUT2D eigenvalue weighted by molar-refractivity contribution is 0.271. The number of aliphatic hydroxyl groups excluding tert-OH is 1. The van der Waals surface area contributed by atoms with E-state index in [1.54, 1.807) is 12.5 Å². The fourth-order valence-corrected chi connectivity index (χ4v) is 2.80. The van der Waals surface area contributed by atoms with Crippen molar-refractivity contribution in [1.82, 2.24) is 24.8 Å². The van der Waals surface area contributed by atoms with E-state index in [1.165, 1.54) is 5.56 Å². The van der Waals surface area contributed by atoms with Crippen LogP contribution in [0.2, 0.25) is 0 Å². The van der Waals surface area contributed by atoms with Gasteiger partial charge in [0.05, 0.1) is 25.2 Å². The number of imidazole rings is 1. The van der Waals surface area contributed by atoms with E-state index in [-0.39, 0.29) is 18.7 Å². The molecular weight excluding hydrogens is 328 g/mol. The number of fused-ring (bicyclic) bond motifs is 1. The molecule has 0 aliphatic carbocycles. The van der Waals surface area contributed by atoms with Crippen molar-refractivity contribution in [3.63, 3.8) is 0 Å². The average Bonchev–Trinajstić information content (AvgIpc) is 3.10. The predicted molar refractivity (Wildman–Crippen MR) is 103 cm³/mol. The van der Waals surface area contributed by atoms with E-state index < -0.39 is 0 Å². The SMILES string of the molecule is CC[C@@H](CO)Nc1ncc2ncn([C@H](C)CNCc3ccccc3)c2n1. The molecule has 0 aliphatic rings. The van der Waals surface area contributed by atoms with Gasteiger partial charge in [-0.1, -0.05) is 37.3 Å². The molecule has 0 saturated carbocycles. The van der Waals surface area contributed by atoms with Crippen molar-refractivity contribution in [3.05, 3.63) is 48.4 Å². The van der Waals surface area contributed by atoms with Crippen LogP contribution in [0.1, 0.15) is 31.9 Å². The van der Waals surface area contributed by atoms with Gasteiger partial charge in [0.2, 0.25) is 5.95 Å². The van der Waals surface area contributed by atoms with Gasteiger partial charge >= 0.3 is 0 Å². The molecule has 0 amide bonds. The number of hydrogen-bond donors (Lipinski definition) is 3. The Morgan fingerprint density at radius 1 is 1.19 bits per heavy atom. The molecule has 0 unspecified atom stereocenters. The number of aromatic nitrogens is 4. The van der Waals surface area contributed by atoms with Gasteiger partial charge in [0.1, 0.15) is 5.52 Å². The summed E-state index contributed by atoms with van der Waals surface area (Å²) < 4.78 is 2.06. The highest BCUT2D eigenvalue weighted by Gasteiger charge is 2.13. The van der Waals surface area contributed by atoms with Gasteiger partial charge < -0.3 is 20.3 Å². The Morgan fingerprint density at radius 3 is 2.73 bits per heavy atom. The van der Waals surface area contributed by atoms with Gasteiger partial charge in [0, 0.05) is 19.1 Å². The topological polar surface area (TPSA) is 87.9 Å². The first-order valence-electron chi connectivity index (χ1n) is 9.02. The van der Waals surface area contributed by atoms with E-state index in [1.807, 2.05) is 25.1 Å². The Bertz CT molecular complexity index is 815. The predicted octanol–water partition coefficient (Wildman–Crippen LogP) is 2.36. The van der Waals surface area contributed by atoms with Gasteiger partial charge in [0.15, 0.2) is 5.65 Å². The number of nitrogens with one attached hydrogen (secondary N) is 2. The highest BCUT2D eigenvalue weighted by molar-refractivity contribution is 5.71. The zero-order valence-electron chi connectivity index (χ0n) is 15.3. The molecule has 7 nitrogen and oxygen atoms in total. The van der Waals surface area contributed by atoms with Crippen molar-refractivity contribution >= 4 is 17.1 Å². The Balaban J connectivity index is 1.68. The van der Waals surface area contributed by atoms with Crippen LogP contribution in [0.5, 0.6) is 0 Å². The first kappa shape index (κ1) is 18.3. The number of benzene rings is 1. The van der Waals surface area contributed by atoms with Crippen LogP contribution in [0.4, 0.5) is 5.95 Å². The monoisotopic (exact) mass is 354 g/mol. The molecule has 0 spiro atoms. The highest BCUT2D eigenvalue weighted by atomic mass is 16.3. The molecule has 0 radical (unpaired) electrons. The van der Waals surface area contributed by atoms with Crippen LogP contribution in [0.25, 0.3) is 11.2 Å². The van der Waals surface area contributed by atoms with Gasteiger partial charge in [-0.25, -0.2) is 9.97 Å². The summed E-state index contributed by atoms with van der Waals surface area (Å²) in [6.07, 6.45) is 4.33. The Morgan fingerprint density at radius 2 is 2.00 bits per heavy atom. The smallest absolute Gasteiger partial charge is 0.225 e. The van der Waals surface area contributed by atoms with Crippen molar-refractivity contribution in [2.24, 2.45) is 0 Å². The van der Waals surface area contributed by atoms with Gasteiger partial charge in [-0.3, -0.25) is 0 Å². The van der Waals surface area contributed by atoms with Crippen LogP contribution in [-0.4, -0.2) is 43.8 Å². The second-order valence-corrected chi connectivity index (χ2v) is 6.45. The summed E-state index contributed by atoms with van der Waals surface area (Å²) in [5.41, 5.74) is 2.82. The van der Waals surface area contributed by atoms with Crippen molar-refractivity contribution < 1.29 is 5.11 Å². The second kappa shape index (κ2) is 8.73. The summed E-state index contributed by atoms with van der Waals surface area (Å²) in [5, 5.41) is 16.0. The normalized spacial score (nSPS) is 13.7. The molecule has 3 N–H and O–H groups in total. The number of hydrogen-bond acceptors (Lipinski definition) is 6. The average molecular weight is 354 g/mol. The molecule has 0 saturated heterocycles. The highest BCUT2D eigenvalue weighted by Crippen LogP contribution is 2.17. The van der Waals surface area contributed by atoms with E-state index in [0.717, 1.165) is 30.7 Å². The van der Waals surface area contributed by atoms with Crippen LogP contribution in [-0.2, 0) is 6.54 Å². The fourth-order valence-electron chi connectivity index (χ4n) is 2.80. The third-order valence-corrected chi connectivity index (χ3v) is 4.45. The molecule has 2 atom stereocenters. The lowest BCUT2D eigenvalue weighted by atomic mass is 10.2. The second-order valence-electron chi connectivity index (χ2n) is 6.45. The van der Waals surface area contributed by atoms with Gasteiger partial charge in [-0.15, -0.1) is 0 Å². The lowest BCUT2D eigenvalue weighted by Crippen LogP contribution is -2.24. The molecule has 3 rings (SSSR count). The van der Waals surface area contributed by atoms with E-state index in [0.29, 0.717) is 5.95 Å². The summed E-state index contributed by atoms with van der Waals surface area (Å²) in [4.78, 5) is 13.3. The van der Waals surface area contributed by atoms with Crippen LogP contribution in [0, 0.1) is 0 Å². The molecule has 2 heterocycles. The van der Waals surface area contributed by atoms with Crippen molar-refractivity contribution in [2.45, 2.75) is 38.9 Å². The summed E-state index contributed by atoms with van der Waals surface area (Å²) in [6.45, 7) is 5.83. The van der Waals surface area contributed by atoms with Crippen LogP contribution in [0.15, 0.2) is 42.9 Å². The van der Waals surface area contributed by atoms with E-state index in [4.69, 9.17) is 0 Å². The van der Waals surface area contributed by atoms with Crippen molar-refractivity contribution in [2.75, 3.05) is 18.5 Å². The quantitative estimate of drug-likeness (QED) is 0.547. The number of anilines is 1. The van der Waals surface area contributed by atoms with E-state index in [2.05, 4.69) is 49.2 Å². The zero-order chi connectivity index (χ0) is 18.4. The molecule has 26 heavy (non-hydrogen) atoms. The van der Waals surface area contributed by atoms with Crippen molar-refractivity contribution in [3.8, 4) is 0 Å². The molecule has 0 bridgehead atoms. The lowest BCUT2D eigenvalue weighted by Gasteiger charge is -2.16. The third kappa shape index (κ3) is 4.36. The Hall–Kier alpha value is -2.51. The maximum atomic E-state index is 9.35. The Kier molecular flexibility index (Phi) is 6.14. The van der Waals surface area contributed by atoms with E-state index in [9.17, 15) is 5.11 Å².